The molecule has 0 aliphatic rings. The summed E-state index contributed by atoms with van der Waals surface area (Å²) >= 11 is 1.27. The fraction of sp³-hybridized carbons (Fsp3) is 0.211. The van der Waals surface area contributed by atoms with Gasteiger partial charge in [-0.3, -0.25) is 0 Å². The third-order valence-corrected chi connectivity index (χ3v) is 5.03. The maximum absolute atomic E-state index is 13.3. The minimum absolute atomic E-state index is 0.0724. The number of imidazole rings is 1. The summed E-state index contributed by atoms with van der Waals surface area (Å²) in [6.07, 6.45) is -3.03. The maximum atomic E-state index is 13.3. The van der Waals surface area contributed by atoms with Crippen molar-refractivity contribution >= 4 is 11.8 Å². The number of aromatic nitrogens is 2. The average Bonchev–Trinajstić information content (AvgIpc) is 3.01. The lowest BCUT2D eigenvalue weighted by Crippen LogP contribution is -2.13. The van der Waals surface area contributed by atoms with Gasteiger partial charge in [0.1, 0.15) is 5.82 Å². The van der Waals surface area contributed by atoms with Gasteiger partial charge in [0, 0.05) is 5.75 Å². The number of nitrogens with zero attached hydrogens (tertiary/aromatic N) is 2. The van der Waals surface area contributed by atoms with Crippen LogP contribution in [0.3, 0.4) is 0 Å². The summed E-state index contributed by atoms with van der Waals surface area (Å²) in [5, 5.41) is 9.98. The van der Waals surface area contributed by atoms with Gasteiger partial charge in [0.2, 0.25) is 0 Å². The van der Waals surface area contributed by atoms with Crippen molar-refractivity contribution in [3.05, 3.63) is 82.9 Å². The Labute approximate surface area is 157 Å². The molecule has 0 aliphatic carbocycles. The molecular weight excluding hydrogens is 380 g/mol. The van der Waals surface area contributed by atoms with Crippen LogP contribution in [0.1, 0.15) is 22.4 Å². The number of halogens is 4. The van der Waals surface area contributed by atoms with Gasteiger partial charge in [-0.05, 0) is 29.3 Å². The summed E-state index contributed by atoms with van der Waals surface area (Å²) < 4.78 is 54.6. The Balaban J connectivity index is 1.87. The van der Waals surface area contributed by atoms with Crippen molar-refractivity contribution in [1.29, 1.82) is 0 Å². The fourth-order valence-electron chi connectivity index (χ4n) is 2.68. The summed E-state index contributed by atoms with van der Waals surface area (Å²) in [5.74, 6) is 0.0483. The zero-order valence-corrected chi connectivity index (χ0v) is 14.9. The van der Waals surface area contributed by atoms with Gasteiger partial charge < -0.3 is 9.67 Å². The van der Waals surface area contributed by atoms with E-state index in [1.54, 1.807) is 22.8 Å². The SMILES string of the molecule is OCc1cnc(SCc2cccc(F)c2)n1Cc1ccccc1C(F)(F)F. The van der Waals surface area contributed by atoms with E-state index >= 15 is 0 Å². The summed E-state index contributed by atoms with van der Waals surface area (Å²) in [4.78, 5) is 4.20. The van der Waals surface area contributed by atoms with Crippen molar-refractivity contribution < 1.29 is 22.7 Å². The van der Waals surface area contributed by atoms with E-state index in [0.717, 1.165) is 11.6 Å². The third kappa shape index (κ3) is 4.70. The molecule has 3 nitrogen and oxygen atoms in total. The van der Waals surface area contributed by atoms with E-state index in [1.165, 1.54) is 42.2 Å². The highest BCUT2D eigenvalue weighted by molar-refractivity contribution is 7.98. The molecule has 3 aromatic rings. The monoisotopic (exact) mass is 396 g/mol. The fourth-order valence-corrected chi connectivity index (χ4v) is 3.62. The second kappa shape index (κ2) is 8.14. The molecule has 1 aromatic heterocycles. The van der Waals surface area contributed by atoms with E-state index < -0.39 is 11.7 Å². The summed E-state index contributed by atoms with van der Waals surface area (Å²) in [5.41, 5.74) is 0.512. The number of rotatable bonds is 6. The van der Waals surface area contributed by atoms with Gasteiger partial charge in [0.15, 0.2) is 5.16 Å². The number of benzene rings is 2. The van der Waals surface area contributed by atoms with Crippen molar-refractivity contribution in [2.24, 2.45) is 0 Å². The molecule has 0 atom stereocenters. The van der Waals surface area contributed by atoms with E-state index in [9.17, 15) is 22.7 Å². The van der Waals surface area contributed by atoms with Crippen molar-refractivity contribution in [3.63, 3.8) is 0 Å². The van der Waals surface area contributed by atoms with E-state index in [2.05, 4.69) is 4.98 Å². The lowest BCUT2D eigenvalue weighted by atomic mass is 10.1. The normalized spacial score (nSPS) is 11.7. The average molecular weight is 396 g/mol. The van der Waals surface area contributed by atoms with Crippen LogP contribution < -0.4 is 0 Å². The molecule has 0 saturated carbocycles. The van der Waals surface area contributed by atoms with Gasteiger partial charge in [-0.15, -0.1) is 0 Å². The predicted octanol–water partition coefficient (Wildman–Crippen LogP) is 4.87. The highest BCUT2D eigenvalue weighted by Crippen LogP contribution is 2.33. The third-order valence-electron chi connectivity index (χ3n) is 3.97. The molecule has 0 spiro atoms. The van der Waals surface area contributed by atoms with E-state index in [4.69, 9.17) is 0 Å². The molecule has 3 rings (SSSR count). The molecule has 0 radical (unpaired) electrons. The number of aliphatic hydroxyl groups is 1. The Kier molecular flexibility index (Phi) is 5.86. The minimum Gasteiger partial charge on any atom is -0.390 e. The van der Waals surface area contributed by atoms with Crippen molar-refractivity contribution in [2.75, 3.05) is 0 Å². The molecule has 27 heavy (non-hydrogen) atoms. The summed E-state index contributed by atoms with van der Waals surface area (Å²) in [6.45, 7) is -0.418. The molecule has 1 heterocycles. The molecule has 0 amide bonds. The van der Waals surface area contributed by atoms with Crippen LogP contribution in [-0.4, -0.2) is 14.7 Å². The first-order valence-electron chi connectivity index (χ1n) is 8.06. The van der Waals surface area contributed by atoms with Crippen LogP contribution in [0.5, 0.6) is 0 Å². The summed E-state index contributed by atoms with van der Waals surface area (Å²) in [6, 6.07) is 11.4. The van der Waals surface area contributed by atoms with Crippen LogP contribution in [-0.2, 0) is 25.1 Å². The van der Waals surface area contributed by atoms with Gasteiger partial charge in [-0.1, -0.05) is 42.1 Å². The minimum atomic E-state index is -4.47. The van der Waals surface area contributed by atoms with E-state index in [-0.39, 0.29) is 24.5 Å². The molecule has 0 unspecified atom stereocenters. The first-order chi connectivity index (χ1) is 12.9. The largest absolute Gasteiger partial charge is 0.416 e. The van der Waals surface area contributed by atoms with Crippen LogP contribution in [0.25, 0.3) is 0 Å². The second-order valence-corrected chi connectivity index (χ2v) is 6.79. The lowest BCUT2D eigenvalue weighted by Gasteiger charge is -2.16. The first kappa shape index (κ1) is 19.4. The van der Waals surface area contributed by atoms with Gasteiger partial charge in [-0.25, -0.2) is 9.37 Å². The molecule has 1 N–H and O–H groups in total. The standard InChI is InChI=1S/C19H16F4N2OS/c20-15-6-3-4-13(8-15)12-27-18-24-9-16(11-26)25(18)10-14-5-1-2-7-17(14)19(21,22)23/h1-9,26H,10-12H2. The Hall–Kier alpha value is -2.32. The van der Waals surface area contributed by atoms with Crippen molar-refractivity contribution in [1.82, 2.24) is 9.55 Å². The summed E-state index contributed by atoms with van der Waals surface area (Å²) in [7, 11) is 0. The Morgan fingerprint density at radius 1 is 1.07 bits per heavy atom. The zero-order chi connectivity index (χ0) is 19.4. The Morgan fingerprint density at radius 3 is 2.56 bits per heavy atom. The highest BCUT2D eigenvalue weighted by Gasteiger charge is 2.33. The van der Waals surface area contributed by atoms with Crippen molar-refractivity contribution in [2.45, 2.75) is 30.2 Å². The smallest absolute Gasteiger partial charge is 0.390 e. The number of hydrogen-bond acceptors (Lipinski definition) is 3. The highest BCUT2D eigenvalue weighted by atomic mass is 32.2. The lowest BCUT2D eigenvalue weighted by molar-refractivity contribution is -0.138. The first-order valence-corrected chi connectivity index (χ1v) is 9.04. The maximum Gasteiger partial charge on any atom is 0.416 e. The molecule has 0 aliphatic heterocycles. The molecule has 0 bridgehead atoms. The van der Waals surface area contributed by atoms with Gasteiger partial charge in [-0.2, -0.15) is 13.2 Å². The Morgan fingerprint density at radius 2 is 1.85 bits per heavy atom. The number of alkyl halides is 3. The van der Waals surface area contributed by atoms with Crippen LogP contribution >= 0.6 is 11.8 Å². The molecule has 8 heteroatoms. The second-order valence-electron chi connectivity index (χ2n) is 5.85. The molecule has 2 aromatic carbocycles. The van der Waals surface area contributed by atoms with Crippen molar-refractivity contribution in [3.8, 4) is 0 Å². The van der Waals surface area contributed by atoms with Crippen LogP contribution in [0.2, 0.25) is 0 Å². The van der Waals surface area contributed by atoms with Gasteiger partial charge >= 0.3 is 6.18 Å². The molecule has 0 fully saturated rings. The number of thioether (sulfide) groups is 1. The van der Waals surface area contributed by atoms with Crippen LogP contribution in [0.15, 0.2) is 59.9 Å². The predicted molar refractivity (Wildman–Crippen MR) is 94.7 cm³/mol. The zero-order valence-electron chi connectivity index (χ0n) is 14.1. The van der Waals surface area contributed by atoms with Gasteiger partial charge in [0.05, 0.1) is 30.6 Å². The molecular formula is C19H16F4N2OS. The van der Waals surface area contributed by atoms with E-state index in [1.807, 2.05) is 0 Å². The quantitative estimate of drug-likeness (QED) is 0.477. The molecule has 0 saturated heterocycles. The van der Waals surface area contributed by atoms with Crippen LogP contribution in [0.4, 0.5) is 17.6 Å². The van der Waals surface area contributed by atoms with Gasteiger partial charge in [0.25, 0.3) is 0 Å². The number of aliphatic hydroxyl groups excluding tert-OH is 1. The molecule has 142 valence electrons. The Bertz CT molecular complexity index is 924. The topological polar surface area (TPSA) is 38.1 Å². The van der Waals surface area contributed by atoms with Crippen LogP contribution in [0, 0.1) is 5.82 Å². The van der Waals surface area contributed by atoms with E-state index in [0.29, 0.717) is 16.6 Å². The number of hydrogen-bond donors (Lipinski definition) is 1.